The van der Waals surface area contributed by atoms with Gasteiger partial charge >= 0.3 is 0 Å². The van der Waals surface area contributed by atoms with E-state index in [1.165, 1.54) is 32.1 Å². The number of rotatable bonds is 4. The Kier molecular flexibility index (Phi) is 4.81. The molecular formula is C16H25FN2. The van der Waals surface area contributed by atoms with Gasteiger partial charge < -0.3 is 10.6 Å². The maximum absolute atomic E-state index is 13.4. The van der Waals surface area contributed by atoms with Gasteiger partial charge in [-0.1, -0.05) is 19.3 Å². The first-order valence-corrected chi connectivity index (χ1v) is 7.45. The van der Waals surface area contributed by atoms with E-state index in [0.29, 0.717) is 6.04 Å². The zero-order chi connectivity index (χ0) is 13.8. The first-order chi connectivity index (χ1) is 9.13. The van der Waals surface area contributed by atoms with Crippen LogP contribution in [0.1, 0.15) is 57.6 Å². The highest BCUT2D eigenvalue weighted by atomic mass is 19.1. The lowest BCUT2D eigenvalue weighted by Gasteiger charge is -2.37. The smallest absolute Gasteiger partial charge is 0.123 e. The van der Waals surface area contributed by atoms with Crippen LogP contribution in [-0.4, -0.2) is 12.6 Å². The van der Waals surface area contributed by atoms with Gasteiger partial charge in [0.15, 0.2) is 0 Å². The normalized spacial score (nSPS) is 18.3. The molecule has 0 spiro atoms. The summed E-state index contributed by atoms with van der Waals surface area (Å²) in [5.74, 6) is -0.198. The Morgan fingerprint density at radius 3 is 2.58 bits per heavy atom. The molecule has 0 aliphatic heterocycles. The van der Waals surface area contributed by atoms with Crippen LogP contribution in [0.3, 0.4) is 0 Å². The molecule has 3 heteroatoms. The van der Waals surface area contributed by atoms with E-state index in [2.05, 4.69) is 11.8 Å². The summed E-state index contributed by atoms with van der Waals surface area (Å²) in [6.07, 6.45) is 6.43. The van der Waals surface area contributed by atoms with Crippen molar-refractivity contribution >= 4 is 5.69 Å². The number of benzene rings is 1. The first kappa shape index (κ1) is 14.3. The molecule has 0 bridgehead atoms. The van der Waals surface area contributed by atoms with Gasteiger partial charge in [0.25, 0.3) is 0 Å². The Morgan fingerprint density at radius 2 is 2.00 bits per heavy atom. The van der Waals surface area contributed by atoms with Crippen LogP contribution in [-0.2, 0) is 0 Å². The molecule has 1 saturated carbocycles. The highest BCUT2D eigenvalue weighted by Crippen LogP contribution is 2.32. The average molecular weight is 264 g/mol. The Balaban J connectivity index is 2.31. The predicted octanol–water partition coefficient (Wildman–Crippen LogP) is 4.00. The predicted molar refractivity (Wildman–Crippen MR) is 78.9 cm³/mol. The van der Waals surface area contributed by atoms with Crippen molar-refractivity contribution in [3.8, 4) is 0 Å². The van der Waals surface area contributed by atoms with Crippen LogP contribution in [0.25, 0.3) is 0 Å². The third-order valence-corrected chi connectivity index (χ3v) is 4.15. The Morgan fingerprint density at radius 1 is 1.32 bits per heavy atom. The average Bonchev–Trinajstić information content (AvgIpc) is 2.42. The number of nitrogens with zero attached hydrogens (tertiary/aromatic N) is 1. The number of anilines is 1. The minimum Gasteiger partial charge on any atom is -0.369 e. The summed E-state index contributed by atoms with van der Waals surface area (Å²) in [5, 5.41) is 0. The summed E-state index contributed by atoms with van der Waals surface area (Å²) in [6, 6.07) is 5.48. The molecule has 1 aliphatic carbocycles. The van der Waals surface area contributed by atoms with E-state index in [9.17, 15) is 4.39 Å². The molecule has 0 amide bonds. The van der Waals surface area contributed by atoms with Crippen molar-refractivity contribution in [2.24, 2.45) is 5.73 Å². The summed E-state index contributed by atoms with van der Waals surface area (Å²) in [5.41, 5.74) is 8.05. The standard InChI is InChI=1S/C16H25FN2/c1-3-19(14-7-5-4-6-8-14)16-10-9-13(17)11-15(16)12(2)18/h9-12,14H,3-8,18H2,1-2H3. The van der Waals surface area contributed by atoms with E-state index in [0.717, 1.165) is 17.8 Å². The number of nitrogens with two attached hydrogens (primary N) is 1. The SMILES string of the molecule is CCN(c1ccc(F)cc1C(C)N)C1CCCCC1. The van der Waals surface area contributed by atoms with Crippen molar-refractivity contribution in [3.63, 3.8) is 0 Å². The van der Waals surface area contributed by atoms with Crippen molar-refractivity contribution in [3.05, 3.63) is 29.6 Å². The third kappa shape index (κ3) is 3.27. The van der Waals surface area contributed by atoms with Gasteiger partial charge in [-0.15, -0.1) is 0 Å². The van der Waals surface area contributed by atoms with Gasteiger partial charge in [-0.3, -0.25) is 0 Å². The topological polar surface area (TPSA) is 29.3 Å². The zero-order valence-corrected chi connectivity index (χ0v) is 12.0. The fourth-order valence-corrected chi connectivity index (χ4v) is 3.17. The molecule has 2 nitrogen and oxygen atoms in total. The second-order valence-corrected chi connectivity index (χ2v) is 5.57. The molecule has 0 radical (unpaired) electrons. The monoisotopic (exact) mass is 264 g/mol. The van der Waals surface area contributed by atoms with Crippen LogP contribution < -0.4 is 10.6 Å². The van der Waals surface area contributed by atoms with Gasteiger partial charge in [-0.2, -0.15) is 0 Å². The van der Waals surface area contributed by atoms with Gasteiger partial charge in [-0.25, -0.2) is 4.39 Å². The zero-order valence-electron chi connectivity index (χ0n) is 12.0. The fourth-order valence-electron chi connectivity index (χ4n) is 3.17. The van der Waals surface area contributed by atoms with Crippen molar-refractivity contribution < 1.29 is 4.39 Å². The summed E-state index contributed by atoms with van der Waals surface area (Å²) in [6.45, 7) is 5.05. The molecule has 1 aromatic rings. The second kappa shape index (κ2) is 6.38. The number of hydrogen-bond donors (Lipinski definition) is 1. The first-order valence-electron chi connectivity index (χ1n) is 7.45. The van der Waals surface area contributed by atoms with Crippen LogP contribution in [0, 0.1) is 5.82 Å². The Bertz CT molecular complexity index is 411. The molecular weight excluding hydrogens is 239 g/mol. The molecule has 1 aromatic carbocycles. The van der Waals surface area contributed by atoms with E-state index >= 15 is 0 Å². The maximum Gasteiger partial charge on any atom is 0.123 e. The van der Waals surface area contributed by atoms with Gasteiger partial charge in [0.05, 0.1) is 0 Å². The largest absolute Gasteiger partial charge is 0.369 e. The molecule has 0 heterocycles. The van der Waals surface area contributed by atoms with Crippen LogP contribution in [0.2, 0.25) is 0 Å². The van der Waals surface area contributed by atoms with E-state index in [1.807, 2.05) is 13.0 Å². The van der Waals surface area contributed by atoms with E-state index < -0.39 is 0 Å². The maximum atomic E-state index is 13.4. The van der Waals surface area contributed by atoms with Gasteiger partial charge in [-0.05, 0) is 50.5 Å². The molecule has 0 aromatic heterocycles. The van der Waals surface area contributed by atoms with Crippen LogP contribution in [0.4, 0.5) is 10.1 Å². The molecule has 2 N–H and O–H groups in total. The van der Waals surface area contributed by atoms with Gasteiger partial charge in [0.2, 0.25) is 0 Å². The number of hydrogen-bond acceptors (Lipinski definition) is 2. The minimum absolute atomic E-state index is 0.136. The summed E-state index contributed by atoms with van der Waals surface area (Å²) in [7, 11) is 0. The lowest BCUT2D eigenvalue weighted by molar-refractivity contribution is 0.417. The molecule has 106 valence electrons. The van der Waals surface area contributed by atoms with Gasteiger partial charge in [0, 0.05) is 24.3 Å². The summed E-state index contributed by atoms with van der Waals surface area (Å²) in [4.78, 5) is 2.41. The van der Waals surface area contributed by atoms with Crippen molar-refractivity contribution in [2.75, 3.05) is 11.4 Å². The molecule has 1 atom stereocenters. The van der Waals surface area contributed by atoms with Crippen LogP contribution in [0.15, 0.2) is 18.2 Å². The van der Waals surface area contributed by atoms with Crippen molar-refractivity contribution in [1.82, 2.24) is 0 Å². The van der Waals surface area contributed by atoms with Crippen molar-refractivity contribution in [1.29, 1.82) is 0 Å². The van der Waals surface area contributed by atoms with E-state index in [1.54, 1.807) is 12.1 Å². The minimum atomic E-state index is -0.198. The molecule has 0 saturated heterocycles. The third-order valence-electron chi connectivity index (χ3n) is 4.15. The van der Waals surface area contributed by atoms with Crippen LogP contribution >= 0.6 is 0 Å². The van der Waals surface area contributed by atoms with Crippen molar-refractivity contribution in [2.45, 2.75) is 58.0 Å². The highest BCUT2D eigenvalue weighted by Gasteiger charge is 2.23. The van der Waals surface area contributed by atoms with E-state index in [4.69, 9.17) is 5.73 Å². The van der Waals surface area contributed by atoms with E-state index in [-0.39, 0.29) is 11.9 Å². The highest BCUT2D eigenvalue weighted by molar-refractivity contribution is 5.56. The summed E-state index contributed by atoms with van der Waals surface area (Å²) >= 11 is 0. The molecule has 1 aliphatic rings. The lowest BCUT2D eigenvalue weighted by atomic mass is 9.93. The fraction of sp³-hybridized carbons (Fsp3) is 0.625. The Labute approximate surface area is 115 Å². The quantitative estimate of drug-likeness (QED) is 0.890. The summed E-state index contributed by atoms with van der Waals surface area (Å²) < 4.78 is 13.4. The Hall–Kier alpha value is -1.09. The molecule has 19 heavy (non-hydrogen) atoms. The van der Waals surface area contributed by atoms with Crippen LogP contribution in [0.5, 0.6) is 0 Å². The molecule has 1 fully saturated rings. The second-order valence-electron chi connectivity index (χ2n) is 5.57. The number of halogens is 1. The lowest BCUT2D eigenvalue weighted by Crippen LogP contribution is -2.37. The van der Waals surface area contributed by atoms with Gasteiger partial charge in [0.1, 0.15) is 5.82 Å². The molecule has 1 unspecified atom stereocenters. The molecule has 2 rings (SSSR count).